The summed E-state index contributed by atoms with van der Waals surface area (Å²) in [5.74, 6) is 0. The Balaban J connectivity index is 2.03. The van der Waals surface area contributed by atoms with Gasteiger partial charge < -0.3 is 0 Å². The van der Waals surface area contributed by atoms with Crippen molar-refractivity contribution in [2.75, 3.05) is 7.05 Å². The molecule has 1 aromatic heterocycles. The van der Waals surface area contributed by atoms with Gasteiger partial charge >= 0.3 is 0 Å². The summed E-state index contributed by atoms with van der Waals surface area (Å²) >= 11 is 0. The minimum atomic E-state index is 0.421. The van der Waals surface area contributed by atoms with Gasteiger partial charge in [0.05, 0.1) is 0 Å². The predicted octanol–water partition coefficient (Wildman–Crippen LogP) is 3.27. The molecule has 2 nitrogen and oxygen atoms in total. The average Bonchev–Trinajstić information content (AvgIpc) is 2.40. The third-order valence-corrected chi connectivity index (χ3v) is 3.12. The van der Waals surface area contributed by atoms with Crippen LogP contribution in [-0.2, 0) is 6.54 Å². The molecule has 1 unspecified atom stereocenters. The summed E-state index contributed by atoms with van der Waals surface area (Å²) < 4.78 is 0. The first-order chi connectivity index (χ1) is 8.27. The van der Waals surface area contributed by atoms with Crippen molar-refractivity contribution < 1.29 is 0 Å². The molecule has 1 atom stereocenters. The number of hydrogen-bond acceptors (Lipinski definition) is 2. The summed E-state index contributed by atoms with van der Waals surface area (Å²) in [6.45, 7) is 3.18. The molecule has 88 valence electrons. The Morgan fingerprint density at radius 1 is 1.06 bits per heavy atom. The van der Waals surface area contributed by atoms with Crippen LogP contribution < -0.4 is 0 Å². The first-order valence-corrected chi connectivity index (χ1v) is 5.91. The second kappa shape index (κ2) is 5.60. The number of rotatable bonds is 4. The predicted molar refractivity (Wildman–Crippen MR) is 70.6 cm³/mol. The monoisotopic (exact) mass is 226 g/mol. The highest BCUT2D eigenvalue weighted by atomic mass is 15.1. The largest absolute Gasteiger partial charge is 0.295 e. The molecular weight excluding hydrogens is 208 g/mol. The highest BCUT2D eigenvalue weighted by molar-refractivity contribution is 5.19. The van der Waals surface area contributed by atoms with E-state index in [1.807, 2.05) is 12.4 Å². The number of nitrogens with zero attached hydrogens (tertiary/aromatic N) is 2. The van der Waals surface area contributed by atoms with E-state index in [9.17, 15) is 0 Å². The third kappa shape index (κ3) is 3.14. The summed E-state index contributed by atoms with van der Waals surface area (Å²) in [5.41, 5.74) is 2.65. The maximum atomic E-state index is 4.04. The Bertz CT molecular complexity index is 439. The molecule has 2 heteroatoms. The molecule has 0 bridgehead atoms. The van der Waals surface area contributed by atoms with E-state index in [1.165, 1.54) is 11.1 Å². The van der Waals surface area contributed by atoms with E-state index in [2.05, 4.69) is 66.3 Å². The van der Waals surface area contributed by atoms with E-state index in [0.29, 0.717) is 6.04 Å². The normalized spacial score (nSPS) is 12.6. The Hall–Kier alpha value is -1.67. The molecule has 2 rings (SSSR count). The lowest BCUT2D eigenvalue weighted by Gasteiger charge is -2.25. The maximum absolute atomic E-state index is 4.04. The minimum absolute atomic E-state index is 0.421. The molecule has 2 aromatic rings. The molecule has 0 saturated heterocycles. The molecule has 0 amide bonds. The van der Waals surface area contributed by atoms with Gasteiger partial charge in [0, 0.05) is 25.0 Å². The molecule has 0 aliphatic carbocycles. The molecule has 0 radical (unpaired) electrons. The Kier molecular flexibility index (Phi) is 3.89. The molecule has 0 aliphatic rings. The van der Waals surface area contributed by atoms with Crippen molar-refractivity contribution in [3.8, 4) is 0 Å². The van der Waals surface area contributed by atoms with Crippen molar-refractivity contribution in [3.63, 3.8) is 0 Å². The van der Waals surface area contributed by atoms with Crippen molar-refractivity contribution in [1.82, 2.24) is 9.88 Å². The van der Waals surface area contributed by atoms with Gasteiger partial charge in [0.25, 0.3) is 0 Å². The topological polar surface area (TPSA) is 16.1 Å². The van der Waals surface area contributed by atoms with Gasteiger partial charge in [-0.3, -0.25) is 9.88 Å². The zero-order chi connectivity index (χ0) is 12.1. The smallest absolute Gasteiger partial charge is 0.0320 e. The molecule has 0 aliphatic heterocycles. The van der Waals surface area contributed by atoms with E-state index in [0.717, 1.165) is 6.54 Å². The first-order valence-electron chi connectivity index (χ1n) is 5.91. The third-order valence-electron chi connectivity index (χ3n) is 3.12. The van der Waals surface area contributed by atoms with Crippen LogP contribution in [0.15, 0.2) is 54.9 Å². The zero-order valence-corrected chi connectivity index (χ0v) is 10.4. The van der Waals surface area contributed by atoms with Crippen LogP contribution in [0.25, 0.3) is 0 Å². The van der Waals surface area contributed by atoms with Crippen LogP contribution in [0.4, 0.5) is 0 Å². The van der Waals surface area contributed by atoms with Crippen LogP contribution in [0, 0.1) is 0 Å². The van der Waals surface area contributed by atoms with Crippen molar-refractivity contribution >= 4 is 0 Å². The Morgan fingerprint density at radius 2 is 1.71 bits per heavy atom. The molecule has 17 heavy (non-hydrogen) atoms. The van der Waals surface area contributed by atoms with Crippen molar-refractivity contribution in [2.45, 2.75) is 19.5 Å². The van der Waals surface area contributed by atoms with E-state index < -0.39 is 0 Å². The molecule has 1 heterocycles. The fraction of sp³-hybridized carbons (Fsp3) is 0.267. The van der Waals surface area contributed by atoms with Crippen molar-refractivity contribution in [1.29, 1.82) is 0 Å². The van der Waals surface area contributed by atoms with Gasteiger partial charge in [0.15, 0.2) is 0 Å². The highest BCUT2D eigenvalue weighted by Crippen LogP contribution is 2.19. The first kappa shape index (κ1) is 11.8. The van der Waals surface area contributed by atoms with Crippen molar-refractivity contribution in [2.24, 2.45) is 0 Å². The summed E-state index contributed by atoms with van der Waals surface area (Å²) in [5, 5.41) is 0. The van der Waals surface area contributed by atoms with E-state index >= 15 is 0 Å². The lowest BCUT2D eigenvalue weighted by atomic mass is 10.1. The Morgan fingerprint density at radius 3 is 2.35 bits per heavy atom. The van der Waals surface area contributed by atoms with Crippen molar-refractivity contribution in [3.05, 3.63) is 66.0 Å². The number of benzene rings is 1. The zero-order valence-electron chi connectivity index (χ0n) is 10.4. The standard InChI is InChI=1S/C15H18N2/c1-13(15-6-4-3-5-7-15)17(2)12-14-8-10-16-11-9-14/h3-11,13H,12H2,1-2H3. The van der Waals surface area contributed by atoms with Gasteiger partial charge in [0.2, 0.25) is 0 Å². The van der Waals surface area contributed by atoms with E-state index in [1.54, 1.807) is 0 Å². The molecule has 0 fully saturated rings. The molecule has 1 aromatic carbocycles. The van der Waals surface area contributed by atoms with Gasteiger partial charge in [-0.25, -0.2) is 0 Å². The lowest BCUT2D eigenvalue weighted by molar-refractivity contribution is 0.253. The summed E-state index contributed by atoms with van der Waals surface area (Å²) in [7, 11) is 2.15. The number of aromatic nitrogens is 1. The van der Waals surface area contributed by atoms with E-state index in [-0.39, 0.29) is 0 Å². The number of hydrogen-bond donors (Lipinski definition) is 0. The minimum Gasteiger partial charge on any atom is -0.295 e. The van der Waals surface area contributed by atoms with Crippen LogP contribution in [0.5, 0.6) is 0 Å². The molecule has 0 N–H and O–H groups in total. The number of pyridine rings is 1. The summed E-state index contributed by atoms with van der Waals surface area (Å²) in [4.78, 5) is 6.38. The van der Waals surface area contributed by atoms with Crippen LogP contribution in [-0.4, -0.2) is 16.9 Å². The molecule has 0 spiro atoms. The fourth-order valence-corrected chi connectivity index (χ4v) is 1.90. The van der Waals surface area contributed by atoms with Gasteiger partial charge in [-0.1, -0.05) is 30.3 Å². The van der Waals surface area contributed by atoms with Gasteiger partial charge in [-0.2, -0.15) is 0 Å². The highest BCUT2D eigenvalue weighted by Gasteiger charge is 2.11. The summed E-state index contributed by atoms with van der Waals surface area (Å²) in [6, 6.07) is 15.1. The van der Waals surface area contributed by atoms with E-state index in [4.69, 9.17) is 0 Å². The van der Waals surface area contributed by atoms with Gasteiger partial charge in [0.1, 0.15) is 0 Å². The SMILES string of the molecule is CC(c1ccccc1)N(C)Cc1ccncc1. The molecular formula is C15H18N2. The van der Waals surface area contributed by atoms with Crippen LogP contribution >= 0.6 is 0 Å². The van der Waals surface area contributed by atoms with Gasteiger partial charge in [-0.05, 0) is 37.2 Å². The molecule has 0 saturated carbocycles. The second-order valence-electron chi connectivity index (χ2n) is 4.36. The maximum Gasteiger partial charge on any atom is 0.0320 e. The van der Waals surface area contributed by atoms with Crippen LogP contribution in [0.3, 0.4) is 0 Å². The second-order valence-corrected chi connectivity index (χ2v) is 4.36. The average molecular weight is 226 g/mol. The lowest BCUT2D eigenvalue weighted by Crippen LogP contribution is -2.21. The van der Waals surface area contributed by atoms with Crippen LogP contribution in [0.1, 0.15) is 24.1 Å². The van der Waals surface area contributed by atoms with Crippen LogP contribution in [0.2, 0.25) is 0 Å². The quantitative estimate of drug-likeness (QED) is 0.795. The Labute approximate surface area is 103 Å². The summed E-state index contributed by atoms with van der Waals surface area (Å²) in [6.07, 6.45) is 3.69. The van der Waals surface area contributed by atoms with Gasteiger partial charge in [-0.15, -0.1) is 0 Å². The fourth-order valence-electron chi connectivity index (χ4n) is 1.90.